The second kappa shape index (κ2) is 9.96. The quantitative estimate of drug-likeness (QED) is 0.561. The molecule has 1 saturated heterocycles. The van der Waals surface area contributed by atoms with Gasteiger partial charge in [-0.25, -0.2) is 9.18 Å². The molecule has 1 heterocycles. The van der Waals surface area contributed by atoms with E-state index in [-0.39, 0.29) is 17.5 Å². The van der Waals surface area contributed by atoms with E-state index in [0.29, 0.717) is 26.1 Å². The maximum absolute atomic E-state index is 13.8. The molecular weight excluding hydrogens is 339 g/mol. The van der Waals surface area contributed by atoms with E-state index in [2.05, 4.69) is 5.32 Å². The van der Waals surface area contributed by atoms with E-state index in [9.17, 15) is 14.0 Å². The summed E-state index contributed by atoms with van der Waals surface area (Å²) < 4.78 is 18.7. The normalized spacial score (nSPS) is 14.9. The van der Waals surface area contributed by atoms with Gasteiger partial charge < -0.3 is 25.6 Å². The van der Waals surface area contributed by atoms with Gasteiger partial charge in [0.25, 0.3) is 0 Å². The van der Waals surface area contributed by atoms with Crippen molar-refractivity contribution in [2.24, 2.45) is 5.73 Å². The van der Waals surface area contributed by atoms with Crippen molar-refractivity contribution in [1.29, 1.82) is 0 Å². The van der Waals surface area contributed by atoms with Gasteiger partial charge in [-0.05, 0) is 31.0 Å². The molecule has 0 atom stereocenters. The predicted octanol–water partition coefficient (Wildman–Crippen LogP) is -0.1000. The van der Waals surface area contributed by atoms with Crippen LogP contribution in [-0.4, -0.2) is 56.7 Å². The van der Waals surface area contributed by atoms with Crippen LogP contribution in [-0.2, 0) is 11.3 Å². The summed E-state index contributed by atoms with van der Waals surface area (Å²) in [7, 11) is 1.45. The molecule has 8 heteroatoms. The fourth-order valence-corrected chi connectivity index (χ4v) is 3.13. The van der Waals surface area contributed by atoms with Crippen molar-refractivity contribution < 1.29 is 23.6 Å². The number of methoxy groups -OCH3 is 1. The molecule has 7 nitrogen and oxygen atoms in total. The van der Waals surface area contributed by atoms with Gasteiger partial charge in [0, 0.05) is 18.5 Å². The molecule has 0 unspecified atom stereocenters. The Morgan fingerprint density at radius 3 is 2.65 bits per heavy atom. The highest BCUT2D eigenvalue weighted by molar-refractivity contribution is 5.76. The Kier molecular flexibility index (Phi) is 7.65. The van der Waals surface area contributed by atoms with Crippen molar-refractivity contribution in [2.45, 2.75) is 25.8 Å². The third-order valence-electron chi connectivity index (χ3n) is 4.61. The van der Waals surface area contributed by atoms with Gasteiger partial charge in [-0.1, -0.05) is 0 Å². The molecule has 1 fully saturated rings. The lowest BCUT2D eigenvalue weighted by Gasteiger charge is -2.32. The number of benzene rings is 1. The molecule has 3 amide bonds. The van der Waals surface area contributed by atoms with Crippen LogP contribution in [0.5, 0.6) is 5.75 Å². The fourth-order valence-electron chi connectivity index (χ4n) is 3.13. The molecule has 1 aliphatic heterocycles. The molecule has 0 spiro atoms. The Labute approximate surface area is 153 Å². The summed E-state index contributed by atoms with van der Waals surface area (Å²) in [6, 6.07) is 4.51. The molecule has 0 aromatic heterocycles. The van der Waals surface area contributed by atoms with Crippen LogP contribution >= 0.6 is 0 Å². The maximum Gasteiger partial charge on any atom is 0.312 e. The van der Waals surface area contributed by atoms with Crippen LogP contribution < -0.4 is 20.7 Å². The van der Waals surface area contributed by atoms with Crippen LogP contribution in [0.25, 0.3) is 0 Å². The number of halogens is 1. The van der Waals surface area contributed by atoms with Crippen LogP contribution in [0, 0.1) is 5.82 Å². The van der Waals surface area contributed by atoms with E-state index < -0.39 is 6.03 Å². The lowest BCUT2D eigenvalue weighted by molar-refractivity contribution is -0.917. The van der Waals surface area contributed by atoms with E-state index in [1.807, 2.05) is 11.0 Å². The van der Waals surface area contributed by atoms with Crippen LogP contribution in [0.1, 0.15) is 24.8 Å². The zero-order valence-corrected chi connectivity index (χ0v) is 15.2. The maximum atomic E-state index is 13.8. The number of unbranched alkanes of at least 4 members (excludes halogenated alkanes) is 1. The first-order chi connectivity index (χ1) is 12.5. The number of carbonyl (C=O) groups excluding carboxylic acids is 2. The van der Waals surface area contributed by atoms with E-state index >= 15 is 0 Å². The Balaban J connectivity index is 1.69. The Bertz CT molecular complexity index is 618. The number of quaternary nitrogens is 1. The van der Waals surface area contributed by atoms with Crippen LogP contribution in [0.15, 0.2) is 18.2 Å². The van der Waals surface area contributed by atoms with Gasteiger partial charge in [0.2, 0.25) is 5.91 Å². The second-order valence-electron chi connectivity index (χ2n) is 6.52. The van der Waals surface area contributed by atoms with Crippen LogP contribution in [0.3, 0.4) is 0 Å². The van der Waals surface area contributed by atoms with Crippen molar-refractivity contribution in [1.82, 2.24) is 10.2 Å². The number of urea groups is 1. The smallest absolute Gasteiger partial charge is 0.312 e. The minimum absolute atomic E-state index is 0.151. The van der Waals surface area contributed by atoms with Crippen molar-refractivity contribution in [3.8, 4) is 5.75 Å². The van der Waals surface area contributed by atoms with Crippen molar-refractivity contribution >= 4 is 11.9 Å². The summed E-state index contributed by atoms with van der Waals surface area (Å²) >= 11 is 0. The largest absolute Gasteiger partial charge is 0.494 e. The van der Waals surface area contributed by atoms with E-state index in [1.165, 1.54) is 18.1 Å². The number of amides is 3. The number of hydrogen-bond acceptors (Lipinski definition) is 3. The molecule has 1 aromatic rings. The third kappa shape index (κ3) is 6.18. The molecule has 1 aliphatic rings. The third-order valence-corrected chi connectivity index (χ3v) is 4.61. The number of piperazine rings is 1. The molecular formula is C18H28FN4O3+. The molecule has 26 heavy (non-hydrogen) atoms. The van der Waals surface area contributed by atoms with Gasteiger partial charge >= 0.3 is 6.03 Å². The van der Waals surface area contributed by atoms with Gasteiger partial charge in [0.1, 0.15) is 6.54 Å². The van der Waals surface area contributed by atoms with Crippen molar-refractivity contribution in [2.75, 3.05) is 39.8 Å². The van der Waals surface area contributed by atoms with E-state index in [0.717, 1.165) is 38.0 Å². The Morgan fingerprint density at radius 2 is 2.04 bits per heavy atom. The topological polar surface area (TPSA) is 89.1 Å². The number of nitrogens with zero attached hydrogens (tertiary/aromatic N) is 1. The standard InChI is InChI=1S/C18H27FN4O3/c1-26-16-6-5-14(12-15(16)19)13-22-8-10-23(11-9-22)17(24)4-2-3-7-21-18(20)25/h5-6,12H,2-4,7-11,13H2,1H3,(H3,20,21,25)/p+1. The minimum atomic E-state index is -0.535. The van der Waals surface area contributed by atoms with Crippen LogP contribution in [0.4, 0.5) is 9.18 Å². The van der Waals surface area contributed by atoms with Gasteiger partial charge in [0.05, 0.1) is 33.3 Å². The summed E-state index contributed by atoms with van der Waals surface area (Å²) in [5, 5.41) is 2.51. The number of nitrogens with two attached hydrogens (primary N) is 1. The summed E-state index contributed by atoms with van der Waals surface area (Å²) in [6.07, 6.45) is 1.96. The molecule has 0 radical (unpaired) electrons. The molecule has 144 valence electrons. The molecule has 0 aliphatic carbocycles. The van der Waals surface area contributed by atoms with Crippen molar-refractivity contribution in [3.05, 3.63) is 29.6 Å². The van der Waals surface area contributed by atoms with Crippen molar-refractivity contribution in [3.63, 3.8) is 0 Å². The monoisotopic (exact) mass is 367 g/mol. The van der Waals surface area contributed by atoms with Gasteiger partial charge in [-0.3, -0.25) is 4.79 Å². The van der Waals surface area contributed by atoms with Crippen LogP contribution in [0.2, 0.25) is 0 Å². The fraction of sp³-hybridized carbons (Fsp3) is 0.556. The Hall–Kier alpha value is -2.35. The molecule has 2 rings (SSSR count). The first-order valence-electron chi connectivity index (χ1n) is 8.96. The summed E-state index contributed by atoms with van der Waals surface area (Å²) in [6.45, 7) is 4.37. The molecule has 1 aromatic carbocycles. The lowest BCUT2D eigenvalue weighted by Crippen LogP contribution is -3.13. The number of nitrogens with one attached hydrogen (secondary N) is 2. The summed E-state index contributed by atoms with van der Waals surface area (Å²) in [5.41, 5.74) is 5.92. The highest BCUT2D eigenvalue weighted by Crippen LogP contribution is 2.17. The number of primary amides is 1. The highest BCUT2D eigenvalue weighted by Gasteiger charge is 2.23. The molecule has 0 bridgehead atoms. The zero-order valence-electron chi connectivity index (χ0n) is 15.2. The van der Waals surface area contributed by atoms with Gasteiger partial charge in [-0.2, -0.15) is 0 Å². The average molecular weight is 367 g/mol. The number of rotatable bonds is 8. The minimum Gasteiger partial charge on any atom is -0.494 e. The zero-order chi connectivity index (χ0) is 18.9. The van der Waals surface area contributed by atoms with E-state index in [1.54, 1.807) is 6.07 Å². The second-order valence-corrected chi connectivity index (χ2v) is 6.52. The number of hydrogen-bond donors (Lipinski definition) is 3. The van der Waals surface area contributed by atoms with E-state index in [4.69, 9.17) is 10.5 Å². The number of carbonyl (C=O) groups is 2. The number of ether oxygens (including phenoxy) is 1. The molecule has 0 saturated carbocycles. The summed E-state index contributed by atoms with van der Waals surface area (Å²) in [4.78, 5) is 26.0. The highest BCUT2D eigenvalue weighted by atomic mass is 19.1. The average Bonchev–Trinajstić information content (AvgIpc) is 2.62. The SMILES string of the molecule is COc1ccc(C[NH+]2CCN(C(=O)CCCCNC(N)=O)CC2)cc1F. The molecule has 4 N–H and O–H groups in total. The Morgan fingerprint density at radius 1 is 1.31 bits per heavy atom. The first-order valence-corrected chi connectivity index (χ1v) is 8.96. The van der Waals surface area contributed by atoms with Gasteiger partial charge in [-0.15, -0.1) is 0 Å². The summed E-state index contributed by atoms with van der Waals surface area (Å²) in [5.74, 6) is 0.0628. The predicted molar refractivity (Wildman–Crippen MR) is 95.4 cm³/mol. The first kappa shape index (κ1) is 20.0. The lowest BCUT2D eigenvalue weighted by atomic mass is 10.1. The van der Waals surface area contributed by atoms with Gasteiger partial charge in [0.15, 0.2) is 11.6 Å².